The summed E-state index contributed by atoms with van der Waals surface area (Å²) in [5, 5.41) is 4.96. The predicted octanol–water partition coefficient (Wildman–Crippen LogP) is 5.58. The van der Waals surface area contributed by atoms with Gasteiger partial charge >= 0.3 is 6.03 Å². The highest BCUT2D eigenvalue weighted by Gasteiger charge is 2.35. The molecule has 2 aromatic rings. The fraction of sp³-hybridized carbons (Fsp3) is 0.462. The summed E-state index contributed by atoms with van der Waals surface area (Å²) in [5.41, 5.74) is 5.46. The minimum Gasteiger partial charge on any atom is -0.307 e. The van der Waals surface area contributed by atoms with Gasteiger partial charge in [0, 0.05) is 23.8 Å². The van der Waals surface area contributed by atoms with E-state index in [4.69, 9.17) is 0 Å². The number of nitrogens with zero attached hydrogens (tertiary/aromatic N) is 1. The molecule has 2 amide bonds. The molecule has 4 rings (SSSR count). The third-order valence-electron chi connectivity index (χ3n) is 6.94. The van der Waals surface area contributed by atoms with E-state index in [9.17, 15) is 14.0 Å². The quantitative estimate of drug-likeness (QED) is 0.580. The minimum atomic E-state index is -0.261. The van der Waals surface area contributed by atoms with Crippen LogP contribution in [0.4, 0.5) is 14.9 Å². The normalized spacial score (nSPS) is 23.6. The summed E-state index contributed by atoms with van der Waals surface area (Å²) in [6.45, 7) is 2.38. The fourth-order valence-electron chi connectivity index (χ4n) is 5.26. The summed E-state index contributed by atoms with van der Waals surface area (Å²) in [4.78, 5) is 24.1. The molecule has 0 radical (unpaired) electrons. The number of Topliss-reactive ketones (excluding diaryl/α,β-unsaturated/α-hetero) is 1. The Morgan fingerprint density at radius 1 is 1.03 bits per heavy atom. The van der Waals surface area contributed by atoms with E-state index in [1.165, 1.54) is 25.3 Å². The number of anilines is 1. The van der Waals surface area contributed by atoms with E-state index < -0.39 is 0 Å². The molecule has 170 valence electrons. The molecule has 6 heteroatoms. The first-order valence-corrected chi connectivity index (χ1v) is 11.7. The lowest BCUT2D eigenvalue weighted by atomic mass is 9.76. The monoisotopic (exact) mass is 437 g/mol. The van der Waals surface area contributed by atoms with Gasteiger partial charge in [-0.15, -0.1) is 0 Å². The molecule has 1 saturated carbocycles. The molecule has 1 atom stereocenters. The Kier molecular flexibility index (Phi) is 7.20. The summed E-state index contributed by atoms with van der Waals surface area (Å²) in [6, 6.07) is 14.0. The predicted molar refractivity (Wildman–Crippen MR) is 124 cm³/mol. The Labute approximate surface area is 189 Å². The number of urea groups is 1. The van der Waals surface area contributed by atoms with Crippen LogP contribution in [0.15, 0.2) is 48.5 Å². The van der Waals surface area contributed by atoms with Gasteiger partial charge in [0.15, 0.2) is 5.78 Å². The third kappa shape index (κ3) is 5.74. The number of rotatable bonds is 6. The molecule has 1 saturated heterocycles. The number of carbonyl (C=O) groups excluding carboxylic acids is 2. The van der Waals surface area contributed by atoms with E-state index in [2.05, 4.69) is 15.8 Å². The second kappa shape index (κ2) is 10.3. The zero-order chi connectivity index (χ0) is 22.5. The van der Waals surface area contributed by atoms with Crippen LogP contribution in [-0.2, 0) is 6.42 Å². The first-order valence-electron chi connectivity index (χ1n) is 11.7. The molecule has 1 aliphatic carbocycles. The smallest absolute Gasteiger partial charge is 0.307 e. The number of hydrogen-bond acceptors (Lipinski definition) is 3. The first-order chi connectivity index (χ1) is 15.5. The van der Waals surface area contributed by atoms with Crippen molar-refractivity contribution < 1.29 is 14.0 Å². The lowest BCUT2D eigenvalue weighted by Gasteiger charge is -2.36. The van der Waals surface area contributed by atoms with Gasteiger partial charge in [-0.2, -0.15) is 0 Å². The first kappa shape index (κ1) is 22.5. The lowest BCUT2D eigenvalue weighted by Crippen LogP contribution is -2.49. The molecule has 0 spiro atoms. The van der Waals surface area contributed by atoms with Crippen molar-refractivity contribution in [3.8, 4) is 0 Å². The van der Waals surface area contributed by atoms with E-state index >= 15 is 0 Å². The molecule has 32 heavy (non-hydrogen) atoms. The number of benzene rings is 2. The van der Waals surface area contributed by atoms with Crippen LogP contribution in [0, 0.1) is 17.7 Å². The minimum absolute atomic E-state index is 0.0244. The van der Waals surface area contributed by atoms with Crippen molar-refractivity contribution in [1.82, 2.24) is 10.4 Å². The topological polar surface area (TPSA) is 61.4 Å². The summed E-state index contributed by atoms with van der Waals surface area (Å²) >= 11 is 0. The molecule has 0 aromatic heterocycles. The van der Waals surface area contributed by atoms with Crippen molar-refractivity contribution in [3.05, 3.63) is 65.5 Å². The third-order valence-corrected chi connectivity index (χ3v) is 6.94. The highest BCUT2D eigenvalue weighted by molar-refractivity contribution is 5.96. The standard InChI is InChI=1S/C26H32FN3O2/c1-18(31)22-4-2-5-24(17-22)28-26(32)29-30-15-3-6-25(30)21-11-7-19(8-12-21)16-20-9-13-23(27)14-10-20/h2,4-5,9-10,13-14,17,19,21,25H,3,6-8,11-12,15-16H2,1H3,(H2,28,29,32)/t19?,21?,25-/m1/s1. The number of ketones is 1. The molecule has 0 unspecified atom stereocenters. The number of amides is 2. The molecule has 5 nitrogen and oxygen atoms in total. The van der Waals surface area contributed by atoms with Crippen molar-refractivity contribution >= 4 is 17.5 Å². The van der Waals surface area contributed by atoms with E-state index in [0.717, 1.165) is 38.6 Å². The van der Waals surface area contributed by atoms with Crippen LogP contribution in [0.25, 0.3) is 0 Å². The average molecular weight is 438 g/mol. The van der Waals surface area contributed by atoms with Crippen LogP contribution in [0.1, 0.15) is 61.4 Å². The number of hydrogen-bond donors (Lipinski definition) is 2. The lowest BCUT2D eigenvalue weighted by molar-refractivity contribution is 0.101. The van der Waals surface area contributed by atoms with E-state index in [-0.39, 0.29) is 17.6 Å². The van der Waals surface area contributed by atoms with Crippen LogP contribution in [0.3, 0.4) is 0 Å². The van der Waals surface area contributed by atoms with Crippen molar-refractivity contribution in [2.45, 2.75) is 57.9 Å². The van der Waals surface area contributed by atoms with Crippen molar-refractivity contribution in [1.29, 1.82) is 0 Å². The van der Waals surface area contributed by atoms with Gasteiger partial charge < -0.3 is 5.32 Å². The fourth-order valence-corrected chi connectivity index (χ4v) is 5.26. The van der Waals surface area contributed by atoms with Crippen LogP contribution in [-0.4, -0.2) is 29.4 Å². The summed E-state index contributed by atoms with van der Waals surface area (Å²) in [6.07, 6.45) is 7.88. The van der Waals surface area contributed by atoms with Crippen LogP contribution >= 0.6 is 0 Å². The van der Waals surface area contributed by atoms with Gasteiger partial charge in [0.05, 0.1) is 0 Å². The molecule has 0 bridgehead atoms. The molecule has 2 N–H and O–H groups in total. The Morgan fingerprint density at radius 2 is 1.78 bits per heavy atom. The number of nitrogens with one attached hydrogen (secondary N) is 2. The molecule has 2 aliphatic rings. The molecule has 2 fully saturated rings. The van der Waals surface area contributed by atoms with Gasteiger partial charge in [-0.05, 0) is 93.5 Å². The van der Waals surface area contributed by atoms with Crippen molar-refractivity contribution in [2.75, 3.05) is 11.9 Å². The van der Waals surface area contributed by atoms with Crippen molar-refractivity contribution in [2.24, 2.45) is 11.8 Å². The molecular weight excluding hydrogens is 405 g/mol. The SMILES string of the molecule is CC(=O)c1cccc(NC(=O)NN2CCC[C@@H]2C2CCC(Cc3ccc(F)cc3)CC2)c1. The van der Waals surface area contributed by atoms with Gasteiger partial charge in [0.1, 0.15) is 5.82 Å². The summed E-state index contributed by atoms with van der Waals surface area (Å²) < 4.78 is 13.1. The summed E-state index contributed by atoms with van der Waals surface area (Å²) in [7, 11) is 0. The zero-order valence-electron chi connectivity index (χ0n) is 18.6. The number of halogens is 1. The van der Waals surface area contributed by atoms with Gasteiger partial charge in [-0.1, -0.05) is 24.3 Å². The zero-order valence-corrected chi connectivity index (χ0v) is 18.6. The number of hydrazine groups is 1. The maximum Gasteiger partial charge on any atom is 0.333 e. The molecular formula is C26H32FN3O2. The Hall–Kier alpha value is -2.73. The highest BCUT2D eigenvalue weighted by Crippen LogP contribution is 2.37. The van der Waals surface area contributed by atoms with Gasteiger partial charge in [0.25, 0.3) is 0 Å². The maximum atomic E-state index is 13.1. The maximum absolute atomic E-state index is 13.1. The highest BCUT2D eigenvalue weighted by atomic mass is 19.1. The van der Waals surface area contributed by atoms with Crippen LogP contribution in [0.5, 0.6) is 0 Å². The second-order valence-electron chi connectivity index (χ2n) is 9.22. The van der Waals surface area contributed by atoms with E-state index in [0.29, 0.717) is 29.1 Å². The molecule has 2 aromatic carbocycles. The second-order valence-corrected chi connectivity index (χ2v) is 9.22. The summed E-state index contributed by atoms with van der Waals surface area (Å²) in [5.74, 6) is 1.03. The van der Waals surface area contributed by atoms with Crippen LogP contribution < -0.4 is 10.7 Å². The van der Waals surface area contributed by atoms with Crippen LogP contribution in [0.2, 0.25) is 0 Å². The Morgan fingerprint density at radius 3 is 2.50 bits per heavy atom. The van der Waals surface area contributed by atoms with Gasteiger partial charge in [0.2, 0.25) is 0 Å². The van der Waals surface area contributed by atoms with Crippen molar-refractivity contribution in [3.63, 3.8) is 0 Å². The largest absolute Gasteiger partial charge is 0.333 e. The van der Waals surface area contributed by atoms with Gasteiger partial charge in [-0.3, -0.25) is 10.2 Å². The Balaban J connectivity index is 1.27. The van der Waals surface area contributed by atoms with E-state index in [1.807, 2.05) is 12.1 Å². The average Bonchev–Trinajstić information content (AvgIpc) is 3.24. The van der Waals surface area contributed by atoms with E-state index in [1.54, 1.807) is 36.4 Å². The molecule has 1 heterocycles. The number of carbonyl (C=O) groups is 2. The Bertz CT molecular complexity index is 938. The molecule has 1 aliphatic heterocycles. The van der Waals surface area contributed by atoms with Gasteiger partial charge in [-0.25, -0.2) is 14.2 Å².